The lowest BCUT2D eigenvalue weighted by Crippen LogP contribution is -2.40. The number of methoxy groups -OCH3 is 1. The summed E-state index contributed by atoms with van der Waals surface area (Å²) in [5.41, 5.74) is 2.00. The quantitative estimate of drug-likeness (QED) is 0.569. The van der Waals surface area contributed by atoms with E-state index in [0.29, 0.717) is 43.3 Å². The molecule has 3 aromatic heterocycles. The lowest BCUT2D eigenvalue weighted by Gasteiger charge is -2.08. The number of aromatic nitrogens is 5. The summed E-state index contributed by atoms with van der Waals surface area (Å²) in [6.07, 6.45) is 0. The van der Waals surface area contributed by atoms with Crippen molar-refractivity contribution in [1.82, 2.24) is 23.1 Å². The Morgan fingerprint density at radius 1 is 1.04 bits per heavy atom. The fourth-order valence-corrected chi connectivity index (χ4v) is 3.26. The van der Waals surface area contributed by atoms with Gasteiger partial charge in [-0.2, -0.15) is 4.98 Å². The third-order valence-electron chi connectivity index (χ3n) is 4.81. The number of ether oxygens (including phenoxy) is 2. The summed E-state index contributed by atoms with van der Waals surface area (Å²) in [5.74, 6) is 0.640. The zero-order valence-corrected chi connectivity index (χ0v) is 15.9. The van der Waals surface area contributed by atoms with E-state index in [9.17, 15) is 9.59 Å². The van der Waals surface area contributed by atoms with Gasteiger partial charge in [-0.05, 0) is 20.8 Å². The first-order chi connectivity index (χ1) is 12.4. The number of nitrogens with zero attached hydrogens (tertiary/aromatic N) is 5. The average Bonchev–Trinajstić information content (AvgIpc) is 3.12. The molecule has 0 amide bonds. The highest BCUT2D eigenvalue weighted by Gasteiger charge is 2.22. The number of hydrogen-bond acceptors (Lipinski definition) is 5. The topological polar surface area (TPSA) is 84.7 Å². The van der Waals surface area contributed by atoms with E-state index in [2.05, 4.69) is 4.98 Å². The number of fused-ring (bicyclic) bond motifs is 3. The van der Waals surface area contributed by atoms with Gasteiger partial charge in [-0.25, -0.2) is 4.79 Å². The molecule has 0 fully saturated rings. The van der Waals surface area contributed by atoms with Gasteiger partial charge in [-0.15, -0.1) is 0 Å². The van der Waals surface area contributed by atoms with E-state index in [1.807, 2.05) is 29.7 Å². The van der Waals surface area contributed by atoms with Gasteiger partial charge in [0.25, 0.3) is 5.56 Å². The van der Waals surface area contributed by atoms with Crippen LogP contribution >= 0.6 is 0 Å². The van der Waals surface area contributed by atoms with Crippen molar-refractivity contribution in [1.29, 1.82) is 0 Å². The van der Waals surface area contributed by atoms with Gasteiger partial charge in [0.15, 0.2) is 11.2 Å². The monoisotopic (exact) mass is 363 g/mol. The highest BCUT2D eigenvalue weighted by atomic mass is 16.5. The van der Waals surface area contributed by atoms with Crippen LogP contribution in [0.5, 0.6) is 0 Å². The molecule has 0 N–H and O–H groups in total. The molecule has 142 valence electrons. The van der Waals surface area contributed by atoms with Crippen molar-refractivity contribution < 1.29 is 9.47 Å². The zero-order chi connectivity index (χ0) is 19.0. The first kappa shape index (κ1) is 18.4. The average molecular weight is 363 g/mol. The molecule has 0 unspecified atom stereocenters. The molecule has 0 aliphatic heterocycles. The van der Waals surface area contributed by atoms with Gasteiger partial charge in [-0.3, -0.25) is 18.3 Å². The molecule has 0 aliphatic rings. The molecule has 3 heterocycles. The Morgan fingerprint density at radius 2 is 1.73 bits per heavy atom. The van der Waals surface area contributed by atoms with E-state index >= 15 is 0 Å². The molecule has 9 heteroatoms. The molecule has 3 aromatic rings. The molecule has 9 nitrogen and oxygen atoms in total. The molecule has 3 rings (SSSR count). The summed E-state index contributed by atoms with van der Waals surface area (Å²) >= 11 is 0. The van der Waals surface area contributed by atoms with Crippen molar-refractivity contribution >= 4 is 16.9 Å². The first-order valence-corrected chi connectivity index (χ1v) is 8.68. The van der Waals surface area contributed by atoms with E-state index in [-0.39, 0.29) is 17.8 Å². The van der Waals surface area contributed by atoms with Crippen molar-refractivity contribution in [2.75, 3.05) is 26.9 Å². The van der Waals surface area contributed by atoms with Crippen LogP contribution in [0.1, 0.15) is 18.3 Å². The van der Waals surface area contributed by atoms with Gasteiger partial charge in [0.05, 0.1) is 19.8 Å². The van der Waals surface area contributed by atoms with E-state index in [1.165, 1.54) is 9.13 Å². The minimum atomic E-state index is -0.388. The van der Waals surface area contributed by atoms with E-state index in [0.717, 1.165) is 11.4 Å². The molecular weight excluding hydrogens is 338 g/mol. The predicted octanol–water partition coefficient (Wildman–Crippen LogP) is 0.449. The Labute approximate surface area is 150 Å². The zero-order valence-electron chi connectivity index (χ0n) is 15.9. The SMILES string of the molecule is CCOCCn1c(=O)c2c(nc3n(CCOC)c(C)c(C)n23)n(C)c1=O. The minimum absolute atomic E-state index is 0.213. The largest absolute Gasteiger partial charge is 0.383 e. The summed E-state index contributed by atoms with van der Waals surface area (Å²) in [7, 11) is 3.28. The molecule has 0 aliphatic carbocycles. The smallest absolute Gasteiger partial charge is 0.332 e. The molecular formula is C17H25N5O4. The molecule has 0 spiro atoms. The van der Waals surface area contributed by atoms with Gasteiger partial charge >= 0.3 is 5.69 Å². The maximum atomic E-state index is 13.1. The molecule has 0 atom stereocenters. The fourth-order valence-electron chi connectivity index (χ4n) is 3.26. The van der Waals surface area contributed by atoms with Crippen molar-refractivity contribution in [2.24, 2.45) is 7.05 Å². The maximum Gasteiger partial charge on any atom is 0.332 e. The lowest BCUT2D eigenvalue weighted by molar-refractivity contribution is 0.137. The van der Waals surface area contributed by atoms with Gasteiger partial charge < -0.3 is 14.0 Å². The van der Waals surface area contributed by atoms with Gasteiger partial charge in [0.1, 0.15) is 0 Å². The Morgan fingerprint density at radius 3 is 2.38 bits per heavy atom. The highest BCUT2D eigenvalue weighted by molar-refractivity contribution is 5.76. The number of hydrogen-bond donors (Lipinski definition) is 0. The van der Waals surface area contributed by atoms with Crippen LogP contribution in [0.4, 0.5) is 0 Å². The Bertz CT molecular complexity index is 1070. The Balaban J connectivity index is 2.32. The fraction of sp³-hybridized carbons (Fsp3) is 0.588. The predicted molar refractivity (Wildman–Crippen MR) is 98.0 cm³/mol. The van der Waals surface area contributed by atoms with Crippen LogP contribution < -0.4 is 11.2 Å². The van der Waals surface area contributed by atoms with Gasteiger partial charge in [0, 0.05) is 38.7 Å². The maximum absolute atomic E-state index is 13.1. The van der Waals surface area contributed by atoms with Crippen LogP contribution in [0.3, 0.4) is 0 Å². The molecule has 0 radical (unpaired) electrons. The standard InChI is InChI=1S/C17H25N5O4/c1-6-26-10-8-21-15(23)13-14(19(4)17(21)24)18-16-20(7-9-25-5)11(2)12(3)22(13)16/h6-10H2,1-5H3. The number of rotatable bonds is 7. The summed E-state index contributed by atoms with van der Waals surface area (Å²) in [6, 6.07) is 0. The molecule has 0 bridgehead atoms. The number of imidazole rings is 2. The van der Waals surface area contributed by atoms with Crippen LogP contribution in [0, 0.1) is 13.8 Å². The van der Waals surface area contributed by atoms with E-state index in [4.69, 9.17) is 9.47 Å². The first-order valence-electron chi connectivity index (χ1n) is 8.68. The van der Waals surface area contributed by atoms with Crippen LogP contribution in [0.25, 0.3) is 16.9 Å². The summed E-state index contributed by atoms with van der Waals surface area (Å²) < 4.78 is 17.0. The Kier molecular flexibility index (Phi) is 5.01. The van der Waals surface area contributed by atoms with Crippen molar-refractivity contribution in [3.05, 3.63) is 32.2 Å². The Hall–Kier alpha value is -2.39. The van der Waals surface area contributed by atoms with Crippen LogP contribution in [-0.2, 0) is 29.6 Å². The third-order valence-corrected chi connectivity index (χ3v) is 4.81. The lowest BCUT2D eigenvalue weighted by atomic mass is 10.3. The van der Waals surface area contributed by atoms with E-state index in [1.54, 1.807) is 14.2 Å². The summed E-state index contributed by atoms with van der Waals surface area (Å²) in [4.78, 5) is 30.3. The normalized spacial score (nSPS) is 11.9. The highest BCUT2D eigenvalue weighted by Crippen LogP contribution is 2.20. The van der Waals surface area contributed by atoms with Gasteiger partial charge in [-0.1, -0.05) is 0 Å². The molecule has 0 saturated heterocycles. The molecule has 0 aromatic carbocycles. The third kappa shape index (κ3) is 2.67. The summed E-state index contributed by atoms with van der Waals surface area (Å²) in [5, 5.41) is 0. The van der Waals surface area contributed by atoms with Crippen LogP contribution in [0.15, 0.2) is 9.59 Å². The summed E-state index contributed by atoms with van der Waals surface area (Å²) in [6.45, 7) is 8.02. The van der Waals surface area contributed by atoms with Crippen LogP contribution in [0.2, 0.25) is 0 Å². The van der Waals surface area contributed by atoms with Gasteiger partial charge in [0.2, 0.25) is 5.78 Å². The minimum Gasteiger partial charge on any atom is -0.383 e. The second-order valence-corrected chi connectivity index (χ2v) is 6.23. The molecule has 0 saturated carbocycles. The second kappa shape index (κ2) is 7.08. The van der Waals surface area contributed by atoms with Crippen molar-refractivity contribution in [2.45, 2.75) is 33.9 Å². The number of aryl methyl sites for hydroxylation is 2. The van der Waals surface area contributed by atoms with Crippen molar-refractivity contribution in [3.63, 3.8) is 0 Å². The second-order valence-electron chi connectivity index (χ2n) is 6.23. The van der Waals surface area contributed by atoms with E-state index < -0.39 is 0 Å². The van der Waals surface area contributed by atoms with Crippen LogP contribution in [-0.4, -0.2) is 50.0 Å². The molecule has 26 heavy (non-hydrogen) atoms. The van der Waals surface area contributed by atoms with Crippen molar-refractivity contribution in [3.8, 4) is 0 Å².